The molecule has 0 aliphatic heterocycles. The van der Waals surface area contributed by atoms with Gasteiger partial charge in [-0.3, -0.25) is 0 Å². The van der Waals surface area contributed by atoms with Crippen molar-refractivity contribution in [2.24, 2.45) is 0 Å². The first kappa shape index (κ1) is 48.3. The summed E-state index contributed by atoms with van der Waals surface area (Å²) in [5.41, 5.74) is -2.88. The molecule has 6 aromatic rings. The SMILES string of the molecule is CC[Si]CC.CCc1cc2c(-c3cc(C(F)(F)F)cc(C(F)(F)F)c3)cccc2[cH-]1.Cc1cc2c(-c3cc(C(F)(F)F)cc(C(F)(F)F)c3)cccc2[cH-]1.[Cl][Zr+2][Cl]. The molecule has 0 atom stereocenters. The van der Waals surface area contributed by atoms with Gasteiger partial charge in [-0.25, -0.2) is 0 Å². The average molecular weight is 945 g/mol. The van der Waals surface area contributed by atoms with Gasteiger partial charge >= 0.3 is 62.6 Å². The van der Waals surface area contributed by atoms with E-state index >= 15 is 0 Å². The Bertz CT molecular complexity index is 2140. The molecule has 6 aromatic carbocycles. The Morgan fingerprint density at radius 1 is 0.526 bits per heavy atom. The van der Waals surface area contributed by atoms with Crippen LogP contribution in [0.2, 0.25) is 12.1 Å². The van der Waals surface area contributed by atoms with Gasteiger partial charge in [-0.1, -0.05) is 63.0 Å². The average Bonchev–Trinajstić information content (AvgIpc) is 3.73. The number of benzene rings is 4. The molecule has 0 N–H and O–H groups in total. The molecule has 0 nitrogen and oxygen atoms in total. The summed E-state index contributed by atoms with van der Waals surface area (Å²) in [4.78, 5) is 0. The first-order valence-electron chi connectivity index (χ1n) is 17.1. The molecule has 0 unspecified atom stereocenters. The zero-order valence-corrected chi connectivity index (χ0v) is 35.6. The van der Waals surface area contributed by atoms with E-state index in [1.54, 1.807) is 36.4 Å². The molecular weight excluding hydrogens is 911 g/mol. The molecule has 16 heteroatoms. The van der Waals surface area contributed by atoms with Crippen molar-refractivity contribution in [2.75, 3.05) is 0 Å². The van der Waals surface area contributed by atoms with E-state index in [9.17, 15) is 52.7 Å². The summed E-state index contributed by atoms with van der Waals surface area (Å²) in [6.45, 7) is 8.20. The van der Waals surface area contributed by atoms with Gasteiger partial charge in [0.15, 0.2) is 0 Å². The molecule has 2 radical (unpaired) electrons. The van der Waals surface area contributed by atoms with Gasteiger partial charge < -0.3 is 0 Å². The number of fused-ring (bicyclic) bond motifs is 2. The Balaban J connectivity index is 0.000000257. The van der Waals surface area contributed by atoms with Crippen molar-refractivity contribution in [3.05, 3.63) is 130 Å². The zero-order chi connectivity index (χ0) is 42.9. The van der Waals surface area contributed by atoms with Crippen LogP contribution < -0.4 is 0 Å². The van der Waals surface area contributed by atoms with E-state index in [1.807, 2.05) is 26.0 Å². The minimum absolute atomic E-state index is 0.0963. The molecule has 304 valence electrons. The summed E-state index contributed by atoms with van der Waals surface area (Å²) < 4.78 is 156. The van der Waals surface area contributed by atoms with Crippen LogP contribution in [-0.2, 0) is 52.0 Å². The van der Waals surface area contributed by atoms with Crippen LogP contribution in [0.15, 0.2) is 97.1 Å². The predicted octanol–water partition coefficient (Wildman–Crippen LogP) is 16.3. The van der Waals surface area contributed by atoms with E-state index in [0.29, 0.717) is 21.9 Å². The molecule has 6 rings (SSSR count). The molecule has 0 heterocycles. The van der Waals surface area contributed by atoms with Gasteiger partial charge in [0.1, 0.15) is 0 Å². The fourth-order valence-electron chi connectivity index (χ4n) is 5.86. The van der Waals surface area contributed by atoms with Crippen LogP contribution in [0.25, 0.3) is 43.8 Å². The fourth-order valence-corrected chi connectivity index (χ4v) is 6.36. The summed E-state index contributed by atoms with van der Waals surface area (Å²) in [6, 6.07) is 23.2. The van der Waals surface area contributed by atoms with Crippen molar-refractivity contribution in [3.63, 3.8) is 0 Å². The number of rotatable bonds is 5. The molecule has 0 saturated carbocycles. The fraction of sp³-hybridized carbons (Fsp3) is 0.268. The number of aryl methyl sites for hydroxylation is 2. The van der Waals surface area contributed by atoms with Crippen LogP contribution in [0.3, 0.4) is 0 Å². The van der Waals surface area contributed by atoms with Gasteiger partial charge in [0, 0.05) is 9.52 Å². The molecule has 0 aliphatic rings. The first-order chi connectivity index (χ1) is 26.5. The molecule has 0 aliphatic carbocycles. The van der Waals surface area contributed by atoms with E-state index in [4.69, 9.17) is 17.0 Å². The standard InChI is InChI=1S/C19H13F6.C18H11F6.C4H10Si.2ClH.Zr/c1-2-11-6-12-4-3-5-16(17(12)7-11)13-8-14(18(20,21)22)10-15(9-13)19(23,24)25;1-10-5-11-3-2-4-15(16(11)6-10)12-7-13(17(19,20)21)9-14(8-12)18(22,23)24;1-3-5-4-2;;;/h3-10H,2H2,1H3;2-9H,1H3;3-4H2,1-2H3;2*1H;/q2*-1;;;;+4/p-2. The van der Waals surface area contributed by atoms with Crippen molar-refractivity contribution >= 4 is 48.1 Å². The summed E-state index contributed by atoms with van der Waals surface area (Å²) in [7, 11) is 11.1. The minimum atomic E-state index is -4.86. The zero-order valence-electron chi connectivity index (χ0n) is 30.7. The van der Waals surface area contributed by atoms with E-state index in [-0.39, 0.29) is 23.3 Å². The molecule has 0 amide bonds. The molecule has 0 bridgehead atoms. The maximum absolute atomic E-state index is 13.1. The summed E-state index contributed by atoms with van der Waals surface area (Å²) in [5, 5.41) is 2.84. The van der Waals surface area contributed by atoms with E-state index < -0.39 is 67.8 Å². The summed E-state index contributed by atoms with van der Waals surface area (Å²) in [6.07, 6.45) is -18.7. The van der Waals surface area contributed by atoms with E-state index in [2.05, 4.69) is 13.8 Å². The summed E-state index contributed by atoms with van der Waals surface area (Å²) >= 11 is -0.826. The second-order valence-corrected chi connectivity index (χ2v) is 18.1. The van der Waals surface area contributed by atoms with Crippen LogP contribution in [0.4, 0.5) is 52.7 Å². The Hall–Kier alpha value is -3.06. The molecule has 57 heavy (non-hydrogen) atoms. The van der Waals surface area contributed by atoms with Crippen LogP contribution in [0.1, 0.15) is 54.2 Å². The number of alkyl halides is 12. The van der Waals surface area contributed by atoms with Crippen molar-refractivity contribution < 1.29 is 73.5 Å². The van der Waals surface area contributed by atoms with E-state index in [1.165, 1.54) is 33.7 Å². The normalized spacial score (nSPS) is 11.9. The van der Waals surface area contributed by atoms with Crippen molar-refractivity contribution in [2.45, 2.75) is 70.9 Å². The van der Waals surface area contributed by atoms with Crippen molar-refractivity contribution in [3.8, 4) is 22.3 Å². The van der Waals surface area contributed by atoms with Crippen LogP contribution in [-0.4, -0.2) is 9.52 Å². The van der Waals surface area contributed by atoms with Crippen molar-refractivity contribution in [1.29, 1.82) is 0 Å². The second kappa shape index (κ2) is 20.3. The van der Waals surface area contributed by atoms with Crippen molar-refractivity contribution in [1.82, 2.24) is 0 Å². The van der Waals surface area contributed by atoms with Crippen LogP contribution in [0, 0.1) is 6.92 Å². The predicted molar refractivity (Wildman–Crippen MR) is 202 cm³/mol. The first-order valence-corrected chi connectivity index (χ1v) is 24.8. The Labute approximate surface area is 343 Å². The topological polar surface area (TPSA) is 0 Å². The van der Waals surface area contributed by atoms with Gasteiger partial charge in [-0.05, 0) is 53.9 Å². The molecule has 0 fully saturated rings. The third kappa shape index (κ3) is 13.5. The molecular formula is C41H34Cl2F12SiZr. The van der Waals surface area contributed by atoms with E-state index in [0.717, 1.165) is 52.6 Å². The van der Waals surface area contributed by atoms with Gasteiger partial charge in [0.2, 0.25) is 0 Å². The Morgan fingerprint density at radius 3 is 1.19 bits per heavy atom. The number of hydrogen-bond acceptors (Lipinski definition) is 0. The summed E-state index contributed by atoms with van der Waals surface area (Å²) in [5.74, 6) is 0. The van der Waals surface area contributed by atoms with Crippen LogP contribution in [0.5, 0.6) is 0 Å². The Morgan fingerprint density at radius 2 is 0.877 bits per heavy atom. The van der Waals surface area contributed by atoms with Gasteiger partial charge in [-0.2, -0.15) is 64.8 Å². The second-order valence-electron chi connectivity index (χ2n) is 12.5. The molecule has 0 saturated heterocycles. The molecule has 0 aromatic heterocycles. The molecule has 0 spiro atoms. The monoisotopic (exact) mass is 942 g/mol. The van der Waals surface area contributed by atoms with Gasteiger partial charge in [-0.15, -0.1) is 69.1 Å². The van der Waals surface area contributed by atoms with Gasteiger partial charge in [0.05, 0.1) is 22.3 Å². The third-order valence-corrected chi connectivity index (χ3v) is 9.41. The van der Waals surface area contributed by atoms with Gasteiger partial charge in [0.25, 0.3) is 0 Å². The maximum atomic E-state index is 13.1. The van der Waals surface area contributed by atoms with Crippen LogP contribution >= 0.6 is 17.0 Å². The number of halogens is 14. The quantitative estimate of drug-likeness (QED) is 0.0918. The Kier molecular flexibility index (Phi) is 17.2. The third-order valence-electron chi connectivity index (χ3n) is 8.41. The number of hydrogen-bond donors (Lipinski definition) is 0.